The van der Waals surface area contributed by atoms with Crippen molar-refractivity contribution in [2.24, 2.45) is 5.92 Å². The standard InChI is InChI=1S/C64H48N2/c1-63(2)57-29-17-15-27-51(57)52-36-33-49(41-58(52)63)65(47-23-11-5-12-24-47)50-34-37-54-53-35-31-44(40-59(53)64(60(54)42-50,45-19-7-3-8-20-45)46-21-9-4-10-22-46)43-32-38-62-56(39-43)55-28-16-18-30-61(55)66(62)48-25-13-6-14-26-48/h3-42,52,58H,1-2H3. The molecule has 1 heterocycles. The van der Waals surface area contributed by atoms with Crippen molar-refractivity contribution >= 4 is 33.2 Å². The molecule has 0 amide bonds. The van der Waals surface area contributed by atoms with Crippen LogP contribution < -0.4 is 4.90 Å². The maximum Gasteiger partial charge on any atom is 0.0714 e. The van der Waals surface area contributed by atoms with Gasteiger partial charge in [-0.1, -0.05) is 190 Å². The van der Waals surface area contributed by atoms with Crippen LogP contribution in [0.1, 0.15) is 53.1 Å². The molecule has 2 unspecified atom stereocenters. The van der Waals surface area contributed by atoms with E-state index < -0.39 is 5.41 Å². The van der Waals surface area contributed by atoms with E-state index in [2.05, 4.69) is 266 Å². The fourth-order valence-corrected chi connectivity index (χ4v) is 12.2. The lowest BCUT2D eigenvalue weighted by atomic mass is 9.67. The quantitative estimate of drug-likeness (QED) is 0.155. The van der Waals surface area contributed by atoms with Crippen LogP contribution in [-0.2, 0) is 10.8 Å². The highest BCUT2D eigenvalue weighted by atomic mass is 15.1. The number of benzene rings is 9. The fraction of sp³-hybridized carbons (Fsp3) is 0.0938. The molecule has 0 aliphatic heterocycles. The van der Waals surface area contributed by atoms with Crippen LogP contribution in [0.2, 0.25) is 0 Å². The third-order valence-electron chi connectivity index (χ3n) is 15.1. The third-order valence-corrected chi connectivity index (χ3v) is 15.1. The largest absolute Gasteiger partial charge is 0.311 e. The van der Waals surface area contributed by atoms with Gasteiger partial charge in [0, 0.05) is 39.4 Å². The number of aromatic nitrogens is 1. The van der Waals surface area contributed by atoms with Gasteiger partial charge in [0.25, 0.3) is 0 Å². The van der Waals surface area contributed by atoms with Crippen molar-refractivity contribution < 1.29 is 0 Å². The molecule has 0 spiro atoms. The van der Waals surface area contributed by atoms with E-state index in [4.69, 9.17) is 0 Å². The summed E-state index contributed by atoms with van der Waals surface area (Å²) in [5.41, 5.74) is 19.4. The van der Waals surface area contributed by atoms with E-state index in [0.29, 0.717) is 11.8 Å². The molecule has 10 aromatic rings. The molecule has 2 nitrogen and oxygen atoms in total. The van der Waals surface area contributed by atoms with Crippen molar-refractivity contribution in [2.75, 3.05) is 4.90 Å². The predicted octanol–water partition coefficient (Wildman–Crippen LogP) is 16.1. The van der Waals surface area contributed by atoms with Gasteiger partial charge in [0.2, 0.25) is 0 Å². The summed E-state index contributed by atoms with van der Waals surface area (Å²) in [5, 5.41) is 2.51. The van der Waals surface area contributed by atoms with E-state index in [1.165, 1.54) is 88.8 Å². The maximum absolute atomic E-state index is 2.56. The second-order valence-corrected chi connectivity index (χ2v) is 18.9. The average molecular weight is 845 g/mol. The highest BCUT2D eigenvalue weighted by Gasteiger charge is 2.48. The van der Waals surface area contributed by atoms with Crippen molar-refractivity contribution in [1.29, 1.82) is 0 Å². The van der Waals surface area contributed by atoms with Gasteiger partial charge in [-0.05, 0) is 134 Å². The Labute approximate surface area is 387 Å². The normalized spacial score (nSPS) is 17.2. The van der Waals surface area contributed by atoms with Crippen LogP contribution in [-0.4, -0.2) is 4.57 Å². The number of rotatable bonds is 7. The van der Waals surface area contributed by atoms with E-state index in [0.717, 1.165) is 11.4 Å². The molecular weight excluding hydrogens is 797 g/mol. The van der Waals surface area contributed by atoms with Gasteiger partial charge in [-0.3, -0.25) is 0 Å². The SMILES string of the molecule is CC1(C)c2ccccc2C2C=CC(N(c3ccccc3)c3ccc4c(c3)C(c3ccccc3)(c3ccccc3)c3cc(-c5ccc6c(c5)c5ccccc5n6-c5ccccc5)ccc3-4)=CC21. The van der Waals surface area contributed by atoms with Crippen molar-refractivity contribution in [2.45, 2.75) is 30.6 Å². The van der Waals surface area contributed by atoms with E-state index in [-0.39, 0.29) is 5.41 Å². The molecule has 1 aromatic heterocycles. The van der Waals surface area contributed by atoms with E-state index in [1.807, 2.05) is 0 Å². The zero-order valence-electron chi connectivity index (χ0n) is 37.1. The molecule has 66 heavy (non-hydrogen) atoms. The van der Waals surface area contributed by atoms with Gasteiger partial charge in [0.1, 0.15) is 0 Å². The Morgan fingerprint density at radius 2 is 1.03 bits per heavy atom. The first-order valence-corrected chi connectivity index (χ1v) is 23.3. The monoisotopic (exact) mass is 844 g/mol. The minimum Gasteiger partial charge on any atom is -0.311 e. The molecule has 0 N–H and O–H groups in total. The number of anilines is 2. The van der Waals surface area contributed by atoms with Crippen molar-refractivity contribution in [3.63, 3.8) is 0 Å². The Bertz CT molecular complexity index is 3520. The number of fused-ring (bicyclic) bond motifs is 9. The van der Waals surface area contributed by atoms with Gasteiger partial charge < -0.3 is 9.47 Å². The minimum atomic E-state index is -0.591. The molecule has 0 radical (unpaired) electrons. The first-order valence-electron chi connectivity index (χ1n) is 23.3. The van der Waals surface area contributed by atoms with Crippen LogP contribution in [0.5, 0.6) is 0 Å². The van der Waals surface area contributed by atoms with Gasteiger partial charge in [0.15, 0.2) is 0 Å². The summed E-state index contributed by atoms with van der Waals surface area (Å²) in [6, 6.07) is 83.4. The second kappa shape index (κ2) is 14.8. The van der Waals surface area contributed by atoms with Crippen molar-refractivity contribution in [3.8, 4) is 27.9 Å². The number of hydrogen-bond donors (Lipinski definition) is 0. The average Bonchev–Trinajstić information content (AvgIpc) is 3.95. The van der Waals surface area contributed by atoms with Crippen LogP contribution in [0, 0.1) is 5.92 Å². The number of para-hydroxylation sites is 3. The Morgan fingerprint density at radius 1 is 0.455 bits per heavy atom. The first-order chi connectivity index (χ1) is 32.5. The van der Waals surface area contributed by atoms with Crippen LogP contribution in [0.15, 0.2) is 248 Å². The van der Waals surface area contributed by atoms with Crippen LogP contribution in [0.3, 0.4) is 0 Å². The molecule has 2 heteroatoms. The van der Waals surface area contributed by atoms with E-state index in [1.54, 1.807) is 0 Å². The third kappa shape index (κ3) is 5.61. The molecule has 314 valence electrons. The van der Waals surface area contributed by atoms with Gasteiger partial charge in [-0.15, -0.1) is 0 Å². The highest BCUT2D eigenvalue weighted by Crippen LogP contribution is 2.59. The smallest absolute Gasteiger partial charge is 0.0714 e. The Morgan fingerprint density at radius 3 is 1.77 bits per heavy atom. The minimum absolute atomic E-state index is 0.00379. The summed E-state index contributed by atoms with van der Waals surface area (Å²) in [6.45, 7) is 4.85. The number of nitrogens with zero attached hydrogens (tertiary/aromatic N) is 2. The lowest BCUT2D eigenvalue weighted by Crippen LogP contribution is -2.29. The highest BCUT2D eigenvalue weighted by molar-refractivity contribution is 6.10. The molecule has 0 fully saturated rings. The number of allylic oxidation sites excluding steroid dienone is 3. The number of hydrogen-bond acceptors (Lipinski definition) is 1. The second-order valence-electron chi connectivity index (χ2n) is 18.9. The van der Waals surface area contributed by atoms with Gasteiger partial charge in [0.05, 0.1) is 16.4 Å². The molecule has 0 saturated heterocycles. The molecule has 0 saturated carbocycles. The summed E-state index contributed by atoms with van der Waals surface area (Å²) in [5.74, 6) is 0.688. The Kier molecular flexibility index (Phi) is 8.64. The summed E-state index contributed by atoms with van der Waals surface area (Å²) in [6.07, 6.45) is 7.39. The predicted molar refractivity (Wildman–Crippen MR) is 275 cm³/mol. The maximum atomic E-state index is 2.56. The van der Waals surface area contributed by atoms with E-state index in [9.17, 15) is 0 Å². The zero-order valence-corrected chi connectivity index (χ0v) is 37.1. The Balaban J connectivity index is 1.01. The molecule has 2 atom stereocenters. The Hall–Kier alpha value is -7.94. The van der Waals surface area contributed by atoms with Gasteiger partial charge in [-0.2, -0.15) is 0 Å². The molecule has 0 bridgehead atoms. The van der Waals surface area contributed by atoms with Crippen LogP contribution >= 0.6 is 0 Å². The molecular formula is C64H48N2. The van der Waals surface area contributed by atoms with Gasteiger partial charge >= 0.3 is 0 Å². The topological polar surface area (TPSA) is 8.17 Å². The summed E-state index contributed by atoms with van der Waals surface area (Å²) in [4.78, 5) is 2.49. The lowest BCUT2D eigenvalue weighted by molar-refractivity contribution is 0.392. The molecule has 9 aromatic carbocycles. The fourth-order valence-electron chi connectivity index (χ4n) is 12.2. The van der Waals surface area contributed by atoms with Crippen LogP contribution in [0.25, 0.3) is 49.7 Å². The van der Waals surface area contributed by atoms with Crippen LogP contribution in [0.4, 0.5) is 11.4 Å². The first kappa shape index (κ1) is 38.5. The van der Waals surface area contributed by atoms with Crippen molar-refractivity contribution in [3.05, 3.63) is 282 Å². The summed E-state index contributed by atoms with van der Waals surface area (Å²) in [7, 11) is 0. The summed E-state index contributed by atoms with van der Waals surface area (Å²) < 4.78 is 2.39. The molecule has 13 rings (SSSR count). The summed E-state index contributed by atoms with van der Waals surface area (Å²) >= 11 is 0. The van der Waals surface area contributed by atoms with E-state index >= 15 is 0 Å². The zero-order chi connectivity index (χ0) is 44.0. The van der Waals surface area contributed by atoms with Gasteiger partial charge in [-0.25, -0.2) is 0 Å². The lowest BCUT2D eigenvalue weighted by Gasteiger charge is -2.36. The molecule has 3 aliphatic carbocycles. The van der Waals surface area contributed by atoms with Crippen molar-refractivity contribution in [1.82, 2.24) is 4.57 Å². The molecule has 3 aliphatic rings.